The van der Waals surface area contributed by atoms with Crippen LogP contribution in [-0.4, -0.2) is 58.2 Å². The summed E-state index contributed by atoms with van der Waals surface area (Å²) in [4.78, 5) is 24.4. The van der Waals surface area contributed by atoms with E-state index in [2.05, 4.69) is 20.2 Å². The number of aryl methyl sites for hydroxylation is 1. The molecule has 2 N–H and O–H groups in total. The topological polar surface area (TPSA) is 105 Å². The Kier molecular flexibility index (Phi) is 5.50. The van der Waals surface area contributed by atoms with Crippen molar-refractivity contribution >= 4 is 17.6 Å². The van der Waals surface area contributed by atoms with Gasteiger partial charge in [0, 0.05) is 38.8 Å². The zero-order valence-corrected chi connectivity index (χ0v) is 16.7. The van der Waals surface area contributed by atoms with Crippen molar-refractivity contribution in [2.75, 3.05) is 36.4 Å². The summed E-state index contributed by atoms with van der Waals surface area (Å²) in [6, 6.07) is 6.97. The molecule has 0 unspecified atom stereocenters. The van der Waals surface area contributed by atoms with Crippen LogP contribution in [0.2, 0.25) is 0 Å². The van der Waals surface area contributed by atoms with Crippen molar-refractivity contribution in [3.8, 4) is 6.07 Å². The van der Waals surface area contributed by atoms with Crippen molar-refractivity contribution < 1.29 is 14.3 Å². The number of carboxylic acids is 1. The van der Waals surface area contributed by atoms with Crippen LogP contribution in [0.3, 0.4) is 0 Å². The fourth-order valence-corrected chi connectivity index (χ4v) is 3.59. The lowest BCUT2D eigenvalue weighted by Gasteiger charge is -2.36. The van der Waals surface area contributed by atoms with E-state index in [0.717, 1.165) is 43.6 Å². The van der Waals surface area contributed by atoms with Crippen LogP contribution in [0.15, 0.2) is 18.2 Å². The van der Waals surface area contributed by atoms with Gasteiger partial charge in [0.1, 0.15) is 11.9 Å². The van der Waals surface area contributed by atoms with Crippen LogP contribution >= 0.6 is 0 Å². The third kappa shape index (κ3) is 4.33. The molecule has 0 spiro atoms. The van der Waals surface area contributed by atoms with Crippen molar-refractivity contribution in [3.05, 3.63) is 46.5 Å². The number of carboxylic acid groups (broad SMARTS) is 1. The second-order valence-corrected chi connectivity index (χ2v) is 7.76. The maximum atomic E-state index is 13.3. The second-order valence-electron chi connectivity index (χ2n) is 7.76. The van der Waals surface area contributed by atoms with Gasteiger partial charge in [-0.2, -0.15) is 5.26 Å². The molecule has 2 fully saturated rings. The molecule has 1 saturated heterocycles. The molecule has 0 amide bonds. The van der Waals surface area contributed by atoms with Crippen LogP contribution in [-0.2, 0) is 6.54 Å². The number of nitrogens with zero attached hydrogens (tertiary/aromatic N) is 5. The number of benzene rings is 1. The fraction of sp³-hybridized carbons (Fsp3) is 0.429. The van der Waals surface area contributed by atoms with Crippen molar-refractivity contribution in [2.45, 2.75) is 32.4 Å². The monoisotopic (exact) mass is 410 g/mol. The number of aromatic carboxylic acids is 1. The number of nitriles is 1. The van der Waals surface area contributed by atoms with E-state index in [9.17, 15) is 19.6 Å². The summed E-state index contributed by atoms with van der Waals surface area (Å²) in [5.74, 6) is -0.535. The van der Waals surface area contributed by atoms with Gasteiger partial charge in [0.2, 0.25) is 0 Å². The molecule has 0 bridgehead atoms. The van der Waals surface area contributed by atoms with E-state index in [1.54, 1.807) is 6.07 Å². The Labute approximate surface area is 174 Å². The average Bonchev–Trinajstić information content (AvgIpc) is 3.54. The molecule has 1 aromatic heterocycles. The predicted molar refractivity (Wildman–Crippen MR) is 109 cm³/mol. The average molecular weight is 410 g/mol. The molecule has 2 heterocycles. The summed E-state index contributed by atoms with van der Waals surface area (Å²) < 4.78 is 13.3. The van der Waals surface area contributed by atoms with Crippen molar-refractivity contribution in [3.63, 3.8) is 0 Å². The number of carbonyl (C=O) groups is 1. The molecule has 8 nitrogen and oxygen atoms in total. The Morgan fingerprint density at radius 3 is 2.63 bits per heavy atom. The lowest BCUT2D eigenvalue weighted by atomic mass is 10.1. The molecule has 0 atom stereocenters. The van der Waals surface area contributed by atoms with Crippen molar-refractivity contribution in [2.24, 2.45) is 0 Å². The maximum Gasteiger partial charge on any atom is 0.357 e. The molecule has 1 aliphatic carbocycles. The van der Waals surface area contributed by atoms with E-state index in [1.165, 1.54) is 6.07 Å². The van der Waals surface area contributed by atoms with E-state index < -0.39 is 5.97 Å². The number of hydrogen-bond acceptors (Lipinski definition) is 7. The number of hydrogen-bond donors (Lipinski definition) is 2. The lowest BCUT2D eigenvalue weighted by Crippen LogP contribution is -2.46. The number of rotatable bonds is 6. The Balaban J connectivity index is 1.51. The van der Waals surface area contributed by atoms with Gasteiger partial charge in [0.05, 0.1) is 0 Å². The zero-order valence-electron chi connectivity index (χ0n) is 16.7. The summed E-state index contributed by atoms with van der Waals surface area (Å²) in [6.45, 7) is 5.45. The second kappa shape index (κ2) is 8.24. The standard InChI is InChI=1S/C21H23FN6O2/c1-13-10-15(22)3-2-14(13)12-27-6-8-28(9-7-27)20-19(24-16-4-5-16)25-17(11-23)18(26-20)21(29)30/h2-3,10,16H,4-9,12H2,1H3,(H,24,25)(H,29,30). The van der Waals surface area contributed by atoms with Crippen LogP contribution < -0.4 is 10.2 Å². The van der Waals surface area contributed by atoms with E-state index in [4.69, 9.17) is 0 Å². The molecule has 4 rings (SSSR count). The molecule has 30 heavy (non-hydrogen) atoms. The minimum atomic E-state index is -1.26. The highest BCUT2D eigenvalue weighted by Gasteiger charge is 2.29. The first kappa shape index (κ1) is 20.0. The SMILES string of the molecule is Cc1cc(F)ccc1CN1CCN(c2nc(C(=O)O)c(C#N)nc2NC2CC2)CC1. The number of aromatic nitrogens is 2. The van der Waals surface area contributed by atoms with Crippen molar-refractivity contribution in [1.29, 1.82) is 5.26 Å². The quantitative estimate of drug-likeness (QED) is 0.748. The maximum absolute atomic E-state index is 13.3. The van der Waals surface area contributed by atoms with E-state index in [0.29, 0.717) is 30.8 Å². The smallest absolute Gasteiger partial charge is 0.357 e. The molecular formula is C21H23FN6O2. The van der Waals surface area contributed by atoms with Gasteiger partial charge < -0.3 is 15.3 Å². The van der Waals surface area contributed by atoms with Crippen molar-refractivity contribution in [1.82, 2.24) is 14.9 Å². The first-order valence-corrected chi connectivity index (χ1v) is 9.99. The fourth-order valence-electron chi connectivity index (χ4n) is 3.59. The first-order valence-electron chi connectivity index (χ1n) is 9.99. The summed E-state index contributed by atoms with van der Waals surface area (Å²) in [6.07, 6.45) is 2.04. The van der Waals surface area contributed by atoms with Gasteiger partial charge in [0.25, 0.3) is 0 Å². The van der Waals surface area contributed by atoms with Gasteiger partial charge in [0.15, 0.2) is 23.0 Å². The highest BCUT2D eigenvalue weighted by Crippen LogP contribution is 2.30. The molecule has 1 saturated carbocycles. The highest BCUT2D eigenvalue weighted by atomic mass is 19.1. The summed E-state index contributed by atoms with van der Waals surface area (Å²) in [5, 5.41) is 22.0. The summed E-state index contributed by atoms with van der Waals surface area (Å²) in [7, 11) is 0. The third-order valence-electron chi connectivity index (χ3n) is 5.47. The number of piperazine rings is 1. The van der Waals surface area contributed by atoms with Crippen LogP contribution in [0.4, 0.5) is 16.0 Å². The van der Waals surface area contributed by atoms with Gasteiger partial charge in [-0.1, -0.05) is 6.07 Å². The molecule has 2 aromatic rings. The Hall–Kier alpha value is -3.25. The Morgan fingerprint density at radius 2 is 2.03 bits per heavy atom. The van der Waals surface area contributed by atoms with Crippen LogP contribution in [0, 0.1) is 24.1 Å². The number of anilines is 2. The van der Waals surface area contributed by atoms with E-state index in [-0.39, 0.29) is 17.2 Å². The van der Waals surface area contributed by atoms with Gasteiger partial charge >= 0.3 is 5.97 Å². The van der Waals surface area contributed by atoms with E-state index >= 15 is 0 Å². The number of halogens is 1. The zero-order chi connectivity index (χ0) is 21.3. The van der Waals surface area contributed by atoms with Gasteiger partial charge in [-0.25, -0.2) is 19.2 Å². The molecule has 1 aromatic carbocycles. The van der Waals surface area contributed by atoms with Gasteiger partial charge in [-0.15, -0.1) is 0 Å². The molecule has 156 valence electrons. The van der Waals surface area contributed by atoms with Crippen LogP contribution in [0.5, 0.6) is 0 Å². The molecule has 0 radical (unpaired) electrons. The van der Waals surface area contributed by atoms with E-state index in [1.807, 2.05) is 24.0 Å². The van der Waals surface area contributed by atoms with Gasteiger partial charge in [-0.05, 0) is 43.0 Å². The van der Waals surface area contributed by atoms with Crippen LogP contribution in [0.25, 0.3) is 0 Å². The highest BCUT2D eigenvalue weighted by molar-refractivity contribution is 5.89. The summed E-state index contributed by atoms with van der Waals surface area (Å²) in [5.41, 5.74) is 1.52. The molecule has 2 aliphatic rings. The van der Waals surface area contributed by atoms with Gasteiger partial charge in [-0.3, -0.25) is 4.90 Å². The summed E-state index contributed by atoms with van der Waals surface area (Å²) >= 11 is 0. The molecule has 9 heteroatoms. The Morgan fingerprint density at radius 1 is 1.30 bits per heavy atom. The minimum Gasteiger partial charge on any atom is -0.476 e. The minimum absolute atomic E-state index is 0.181. The molecular weight excluding hydrogens is 387 g/mol. The molecule has 1 aliphatic heterocycles. The Bertz CT molecular complexity index is 1010. The van der Waals surface area contributed by atoms with Crippen LogP contribution in [0.1, 0.15) is 40.2 Å². The normalized spacial score (nSPS) is 16.9. The lowest BCUT2D eigenvalue weighted by molar-refractivity contribution is 0.0689. The number of nitrogens with one attached hydrogen (secondary N) is 1. The predicted octanol–water partition coefficient (Wildman–Crippen LogP) is 2.39. The first-order chi connectivity index (χ1) is 14.4. The third-order valence-corrected chi connectivity index (χ3v) is 5.47. The largest absolute Gasteiger partial charge is 0.476 e.